The van der Waals surface area contributed by atoms with Crippen molar-refractivity contribution in [3.63, 3.8) is 0 Å². The van der Waals surface area contributed by atoms with E-state index in [2.05, 4.69) is 121 Å². The average Bonchev–Trinajstić information content (AvgIpc) is 3.78. The number of allylic oxidation sites excluding steroid dienone is 1. The molecule has 0 radical (unpaired) electrons. The van der Waals surface area contributed by atoms with Gasteiger partial charge in [-0.15, -0.1) is 0 Å². The van der Waals surface area contributed by atoms with Gasteiger partial charge in [-0.1, -0.05) is 117 Å². The van der Waals surface area contributed by atoms with Gasteiger partial charge >= 0.3 is 0 Å². The minimum absolute atomic E-state index is 0.148. The summed E-state index contributed by atoms with van der Waals surface area (Å²) in [6.07, 6.45) is 9.18. The third kappa shape index (κ3) is 5.20. The largest absolute Gasteiger partial charge is 0.323 e. The number of rotatable bonds is 6. The minimum Gasteiger partial charge on any atom is -0.323 e. The zero-order chi connectivity index (χ0) is 35.5. The Morgan fingerprint density at radius 3 is 1.85 bits per heavy atom. The highest BCUT2D eigenvalue weighted by Crippen LogP contribution is 2.50. The molecule has 0 unspecified atom stereocenters. The predicted octanol–water partition coefficient (Wildman–Crippen LogP) is 9.89. The van der Waals surface area contributed by atoms with Crippen LogP contribution in [0.5, 0.6) is 0 Å². The monoisotopic (exact) mass is 681 g/mol. The molecule has 0 N–H and O–H groups in total. The van der Waals surface area contributed by atoms with Gasteiger partial charge in [-0.05, 0) is 99.0 Å². The lowest BCUT2D eigenvalue weighted by Gasteiger charge is -2.33. The molecular formula is C48H35N5. The van der Waals surface area contributed by atoms with Gasteiger partial charge in [-0.2, -0.15) is 9.97 Å². The van der Waals surface area contributed by atoms with Crippen LogP contribution in [-0.4, -0.2) is 19.5 Å². The number of benzene rings is 5. The van der Waals surface area contributed by atoms with Gasteiger partial charge in [0.05, 0.1) is 0 Å². The molecule has 6 aromatic rings. The molecule has 0 spiro atoms. The van der Waals surface area contributed by atoms with Crippen molar-refractivity contribution in [1.29, 1.82) is 0 Å². The molecule has 0 saturated carbocycles. The first-order valence-corrected chi connectivity index (χ1v) is 18.0. The van der Waals surface area contributed by atoms with E-state index in [1.165, 1.54) is 43.8 Å². The Balaban J connectivity index is 1.07. The fourth-order valence-corrected chi connectivity index (χ4v) is 8.19. The van der Waals surface area contributed by atoms with Crippen molar-refractivity contribution >= 4 is 35.0 Å². The molecule has 3 aliphatic carbocycles. The summed E-state index contributed by atoms with van der Waals surface area (Å²) < 4.78 is 2.23. The van der Waals surface area contributed by atoms with Crippen molar-refractivity contribution in [3.05, 3.63) is 191 Å². The Labute approximate surface area is 308 Å². The fourth-order valence-electron chi connectivity index (χ4n) is 8.19. The molecule has 5 heteroatoms. The van der Waals surface area contributed by atoms with Crippen molar-refractivity contribution < 1.29 is 0 Å². The van der Waals surface area contributed by atoms with Gasteiger partial charge in [-0.3, -0.25) is 4.90 Å². The zero-order valence-corrected chi connectivity index (χ0v) is 29.5. The van der Waals surface area contributed by atoms with Gasteiger partial charge in [0.25, 0.3) is 0 Å². The highest BCUT2D eigenvalue weighted by molar-refractivity contribution is 6.00. The molecular weight excluding hydrogens is 647 g/mol. The van der Waals surface area contributed by atoms with E-state index < -0.39 is 0 Å². The number of hydrogen-bond acceptors (Lipinski definition) is 4. The summed E-state index contributed by atoms with van der Waals surface area (Å²) >= 11 is 0. The molecule has 5 nitrogen and oxygen atoms in total. The van der Waals surface area contributed by atoms with Crippen LogP contribution in [-0.2, 0) is 5.41 Å². The maximum absolute atomic E-state index is 5.07. The molecule has 53 heavy (non-hydrogen) atoms. The molecule has 0 bridgehead atoms. The molecule has 0 fully saturated rings. The average molecular weight is 682 g/mol. The Bertz CT molecular complexity index is 2720. The number of para-hydroxylation sites is 1. The molecule has 10 rings (SSSR count). The second-order valence-electron chi connectivity index (χ2n) is 14.2. The summed E-state index contributed by atoms with van der Waals surface area (Å²) in [5, 5.41) is 2.65. The van der Waals surface area contributed by atoms with Crippen molar-refractivity contribution in [2.75, 3.05) is 4.90 Å². The Morgan fingerprint density at radius 1 is 0.566 bits per heavy atom. The third-order valence-corrected chi connectivity index (χ3v) is 10.6. The maximum atomic E-state index is 5.07. The smallest absolute Gasteiger partial charge is 0.238 e. The summed E-state index contributed by atoms with van der Waals surface area (Å²) in [4.78, 5) is 17.2. The number of fused-ring (bicyclic) bond motifs is 5. The van der Waals surface area contributed by atoms with Crippen molar-refractivity contribution in [1.82, 2.24) is 19.5 Å². The first kappa shape index (κ1) is 30.9. The highest BCUT2D eigenvalue weighted by atomic mass is 15.3. The van der Waals surface area contributed by atoms with Crippen LogP contribution in [0.3, 0.4) is 0 Å². The summed E-state index contributed by atoms with van der Waals surface area (Å²) in [5.41, 5.74) is 12.7. The number of anilines is 3. The van der Waals surface area contributed by atoms with Gasteiger partial charge in [0.15, 0.2) is 11.6 Å². The van der Waals surface area contributed by atoms with Gasteiger partial charge in [-0.25, -0.2) is 4.98 Å². The number of nitrogens with zero attached hydrogens (tertiary/aromatic N) is 5. The van der Waals surface area contributed by atoms with E-state index >= 15 is 0 Å². The lowest BCUT2D eigenvalue weighted by atomic mass is 9.70. The minimum atomic E-state index is -0.148. The van der Waals surface area contributed by atoms with E-state index in [1.807, 2.05) is 78.9 Å². The van der Waals surface area contributed by atoms with E-state index in [0.29, 0.717) is 17.6 Å². The quantitative estimate of drug-likeness (QED) is 0.175. The Hall–Kier alpha value is -6.85. The first-order chi connectivity index (χ1) is 26.0. The second kappa shape index (κ2) is 12.1. The molecule has 1 aromatic heterocycles. The topological polar surface area (TPSA) is 46.8 Å². The number of aromatic nitrogens is 4. The Kier molecular flexibility index (Phi) is 7.08. The predicted molar refractivity (Wildman–Crippen MR) is 216 cm³/mol. The van der Waals surface area contributed by atoms with E-state index in [0.717, 1.165) is 28.2 Å². The summed E-state index contributed by atoms with van der Waals surface area (Å²) in [7, 11) is 0. The van der Waals surface area contributed by atoms with Crippen LogP contribution in [0.15, 0.2) is 170 Å². The van der Waals surface area contributed by atoms with Crippen molar-refractivity contribution in [3.8, 4) is 39.6 Å². The lowest BCUT2D eigenvalue weighted by molar-refractivity contribution is 0.689. The van der Waals surface area contributed by atoms with Crippen LogP contribution in [0.4, 0.5) is 17.3 Å². The number of pyridine rings is 1. The van der Waals surface area contributed by atoms with Crippen molar-refractivity contribution in [2.24, 2.45) is 0 Å². The molecule has 1 aliphatic heterocycles. The van der Waals surface area contributed by atoms with E-state index in [9.17, 15) is 0 Å². The van der Waals surface area contributed by atoms with E-state index in [4.69, 9.17) is 15.0 Å². The van der Waals surface area contributed by atoms with Crippen LogP contribution in [0, 0.1) is 0 Å². The molecule has 0 atom stereocenters. The van der Waals surface area contributed by atoms with Gasteiger partial charge < -0.3 is 4.57 Å². The normalized spacial score (nSPS) is 13.8. The standard InChI is InChI=1S/C48H35N5/c1-48(2)43-36(28-34-18-12-13-21-41(34)43)30-37-29-35-26-27-52(31-42(35)44(37)48)38-22-24-40(25-23-38)53(39-19-10-5-11-20-39)47-50-45(32-14-6-3-7-15-32)49-46(51-47)33-16-8-4-9-17-33/h3-31H,1-2H3. The van der Waals surface area contributed by atoms with Crippen LogP contribution < -0.4 is 15.3 Å². The zero-order valence-electron chi connectivity index (χ0n) is 29.5. The van der Waals surface area contributed by atoms with Crippen LogP contribution in [0.25, 0.3) is 57.3 Å². The van der Waals surface area contributed by atoms with Crippen molar-refractivity contribution in [2.45, 2.75) is 19.3 Å². The second-order valence-corrected chi connectivity index (χ2v) is 14.2. The maximum Gasteiger partial charge on any atom is 0.238 e. The SMILES string of the molecule is CC1(C)C2=c3ccccc3=CC2=Cc2cc3ccn(-c4ccc(N(c5ccccc5)c5nc(-c6ccccc6)nc(-c6ccccc6)n5)cc4)cc-3c21. The fraction of sp³-hybridized carbons (Fsp3) is 0.0625. The summed E-state index contributed by atoms with van der Waals surface area (Å²) in [6, 6.07) is 52.5. The van der Waals surface area contributed by atoms with Crippen LogP contribution >= 0.6 is 0 Å². The van der Waals surface area contributed by atoms with Gasteiger partial charge in [0.1, 0.15) is 0 Å². The summed E-state index contributed by atoms with van der Waals surface area (Å²) in [6.45, 7) is 4.75. The van der Waals surface area contributed by atoms with Gasteiger partial charge in [0.2, 0.25) is 5.95 Å². The number of hydrogen-bond donors (Lipinski definition) is 0. The molecule has 252 valence electrons. The highest BCUT2D eigenvalue weighted by Gasteiger charge is 2.38. The molecule has 5 aromatic carbocycles. The molecule has 2 heterocycles. The van der Waals surface area contributed by atoms with E-state index in [1.54, 1.807) is 0 Å². The molecule has 4 aliphatic rings. The molecule has 0 amide bonds. The van der Waals surface area contributed by atoms with Crippen LogP contribution in [0.2, 0.25) is 0 Å². The molecule has 0 saturated heterocycles. The van der Waals surface area contributed by atoms with Crippen LogP contribution in [0.1, 0.15) is 25.0 Å². The lowest BCUT2D eigenvalue weighted by Crippen LogP contribution is -2.31. The first-order valence-electron chi connectivity index (χ1n) is 18.0. The van der Waals surface area contributed by atoms with Gasteiger partial charge in [0, 0.05) is 51.6 Å². The summed E-state index contributed by atoms with van der Waals surface area (Å²) in [5.74, 6) is 1.79. The Morgan fingerprint density at radius 2 is 1.17 bits per heavy atom. The third-order valence-electron chi connectivity index (χ3n) is 10.6. The van der Waals surface area contributed by atoms with E-state index in [-0.39, 0.29) is 5.41 Å².